The number of para-hydroxylation sites is 2. The van der Waals surface area contributed by atoms with E-state index in [0.717, 1.165) is 27.8 Å². The number of thioether (sulfide) groups is 1. The van der Waals surface area contributed by atoms with Gasteiger partial charge in [-0.05, 0) is 18.2 Å². The van der Waals surface area contributed by atoms with Crippen molar-refractivity contribution in [2.45, 2.75) is 10.9 Å². The summed E-state index contributed by atoms with van der Waals surface area (Å²) in [4.78, 5) is 16.1. The average molecular weight is 242 g/mol. The molecule has 0 aliphatic rings. The van der Waals surface area contributed by atoms with Gasteiger partial charge in [0.05, 0.1) is 16.8 Å². The van der Waals surface area contributed by atoms with Gasteiger partial charge < -0.3 is 4.98 Å². The van der Waals surface area contributed by atoms with Gasteiger partial charge in [0.25, 0.3) is 0 Å². The molecule has 3 aromatic rings. The summed E-state index contributed by atoms with van der Waals surface area (Å²) in [6.07, 6.45) is 3.49. The van der Waals surface area contributed by atoms with Gasteiger partial charge in [0, 0.05) is 12.4 Å². The second kappa shape index (κ2) is 4.55. The van der Waals surface area contributed by atoms with Gasteiger partial charge in [0.15, 0.2) is 5.16 Å². The lowest BCUT2D eigenvalue weighted by atomic mass is 10.3. The van der Waals surface area contributed by atoms with Crippen molar-refractivity contribution >= 4 is 22.8 Å². The molecule has 2 aromatic heterocycles. The number of fused-ring (bicyclic) bond motifs is 1. The summed E-state index contributed by atoms with van der Waals surface area (Å²) < 4.78 is 0. The lowest BCUT2D eigenvalue weighted by molar-refractivity contribution is 0.963. The van der Waals surface area contributed by atoms with Crippen molar-refractivity contribution in [1.82, 2.24) is 19.9 Å². The first-order valence-corrected chi connectivity index (χ1v) is 6.24. The predicted octanol–water partition coefficient (Wildman–Crippen LogP) is 2.65. The molecule has 17 heavy (non-hydrogen) atoms. The van der Waals surface area contributed by atoms with Crippen molar-refractivity contribution in [3.8, 4) is 0 Å². The molecule has 0 atom stereocenters. The Kier molecular flexibility index (Phi) is 2.75. The summed E-state index contributed by atoms with van der Waals surface area (Å²) >= 11 is 1.57. The van der Waals surface area contributed by atoms with Gasteiger partial charge >= 0.3 is 0 Å². The Balaban J connectivity index is 1.77. The van der Waals surface area contributed by atoms with Crippen LogP contribution >= 0.6 is 11.8 Å². The van der Waals surface area contributed by atoms with Gasteiger partial charge in [-0.1, -0.05) is 23.9 Å². The van der Waals surface area contributed by atoms with E-state index in [-0.39, 0.29) is 0 Å². The smallest absolute Gasteiger partial charge is 0.187 e. The number of hydrogen-bond acceptors (Lipinski definition) is 4. The summed E-state index contributed by atoms with van der Waals surface area (Å²) in [5.74, 6) is 1.70. The zero-order chi connectivity index (χ0) is 11.5. The molecule has 2 heterocycles. The predicted molar refractivity (Wildman–Crippen MR) is 67.7 cm³/mol. The van der Waals surface area contributed by atoms with E-state index >= 15 is 0 Å². The largest absolute Gasteiger partial charge is 0.341 e. The maximum absolute atomic E-state index is 4.50. The van der Waals surface area contributed by atoms with Gasteiger partial charge in [0.1, 0.15) is 5.82 Å². The van der Waals surface area contributed by atoms with Crippen LogP contribution in [0.5, 0.6) is 0 Å². The molecule has 4 nitrogen and oxygen atoms in total. The molecule has 0 radical (unpaired) electrons. The first-order chi connectivity index (χ1) is 8.42. The normalized spacial score (nSPS) is 10.8. The first kappa shape index (κ1) is 10.3. The van der Waals surface area contributed by atoms with Crippen LogP contribution in [0.15, 0.2) is 47.9 Å². The zero-order valence-electron chi connectivity index (χ0n) is 9.00. The molecule has 84 valence electrons. The van der Waals surface area contributed by atoms with Crippen molar-refractivity contribution in [3.05, 3.63) is 48.5 Å². The minimum Gasteiger partial charge on any atom is -0.341 e. The molecule has 0 saturated carbocycles. The van der Waals surface area contributed by atoms with Crippen LogP contribution in [0.3, 0.4) is 0 Å². The highest BCUT2D eigenvalue weighted by molar-refractivity contribution is 7.98. The number of aromatic nitrogens is 4. The molecule has 0 bridgehead atoms. The summed E-state index contributed by atoms with van der Waals surface area (Å²) in [6.45, 7) is 0. The number of benzene rings is 1. The van der Waals surface area contributed by atoms with Gasteiger partial charge in [-0.15, -0.1) is 0 Å². The Morgan fingerprint density at radius 3 is 2.71 bits per heavy atom. The van der Waals surface area contributed by atoms with Crippen molar-refractivity contribution in [1.29, 1.82) is 0 Å². The summed E-state index contributed by atoms with van der Waals surface area (Å²) in [6, 6.07) is 9.82. The molecule has 0 unspecified atom stereocenters. The maximum Gasteiger partial charge on any atom is 0.187 e. The van der Waals surface area contributed by atoms with E-state index in [1.54, 1.807) is 24.2 Å². The van der Waals surface area contributed by atoms with Gasteiger partial charge in [-0.3, -0.25) is 0 Å². The Hall–Kier alpha value is -1.88. The molecular formula is C12H10N4S. The second-order valence-electron chi connectivity index (χ2n) is 3.52. The van der Waals surface area contributed by atoms with Crippen LogP contribution in [-0.4, -0.2) is 19.9 Å². The van der Waals surface area contributed by atoms with E-state index in [0.29, 0.717) is 0 Å². The molecule has 0 fully saturated rings. The van der Waals surface area contributed by atoms with E-state index in [2.05, 4.69) is 19.9 Å². The molecule has 0 saturated heterocycles. The molecule has 5 heteroatoms. The van der Waals surface area contributed by atoms with Crippen molar-refractivity contribution in [3.63, 3.8) is 0 Å². The minimum atomic E-state index is 0.749. The number of imidazole rings is 1. The van der Waals surface area contributed by atoms with E-state index in [9.17, 15) is 0 Å². The van der Waals surface area contributed by atoms with E-state index in [1.165, 1.54) is 0 Å². The molecule has 0 spiro atoms. The van der Waals surface area contributed by atoms with E-state index in [4.69, 9.17) is 0 Å². The lowest BCUT2D eigenvalue weighted by Gasteiger charge is -1.95. The molecule has 3 rings (SSSR count). The first-order valence-electron chi connectivity index (χ1n) is 5.25. The van der Waals surface area contributed by atoms with Gasteiger partial charge in [0.2, 0.25) is 0 Å². The number of hydrogen-bond donors (Lipinski definition) is 1. The summed E-state index contributed by atoms with van der Waals surface area (Å²) in [5, 5.41) is 0.771. The summed E-state index contributed by atoms with van der Waals surface area (Å²) in [7, 11) is 0. The molecule has 0 amide bonds. The van der Waals surface area contributed by atoms with Crippen LogP contribution in [0.2, 0.25) is 0 Å². The number of nitrogens with zero attached hydrogens (tertiary/aromatic N) is 3. The fraction of sp³-hybridized carbons (Fsp3) is 0.0833. The maximum atomic E-state index is 4.50. The van der Waals surface area contributed by atoms with Gasteiger partial charge in [-0.2, -0.15) is 0 Å². The topological polar surface area (TPSA) is 54.5 Å². The number of nitrogens with one attached hydrogen (secondary N) is 1. The standard InChI is InChI=1S/C12H10N4S/c1-2-5-10-9(4-1)15-11(16-10)8-17-12-13-6-3-7-14-12/h1-7H,8H2,(H,15,16). The van der Waals surface area contributed by atoms with Crippen molar-refractivity contribution < 1.29 is 0 Å². The highest BCUT2D eigenvalue weighted by atomic mass is 32.2. The zero-order valence-corrected chi connectivity index (χ0v) is 9.81. The molecule has 1 N–H and O–H groups in total. The van der Waals surface area contributed by atoms with Crippen LogP contribution < -0.4 is 0 Å². The van der Waals surface area contributed by atoms with Crippen LogP contribution in [0, 0.1) is 0 Å². The Morgan fingerprint density at radius 1 is 1.06 bits per heavy atom. The van der Waals surface area contributed by atoms with Crippen molar-refractivity contribution in [2.24, 2.45) is 0 Å². The number of aromatic amines is 1. The van der Waals surface area contributed by atoms with Crippen LogP contribution in [0.1, 0.15) is 5.82 Å². The fourth-order valence-corrected chi connectivity index (χ4v) is 2.24. The number of rotatable bonds is 3. The second-order valence-corrected chi connectivity index (χ2v) is 4.46. The Bertz CT molecular complexity index is 587. The Labute approximate surface area is 103 Å². The van der Waals surface area contributed by atoms with Crippen LogP contribution in [0.25, 0.3) is 11.0 Å². The lowest BCUT2D eigenvalue weighted by Crippen LogP contribution is -1.87. The quantitative estimate of drug-likeness (QED) is 0.566. The van der Waals surface area contributed by atoms with Crippen molar-refractivity contribution in [2.75, 3.05) is 0 Å². The highest BCUT2D eigenvalue weighted by Crippen LogP contribution is 2.18. The minimum absolute atomic E-state index is 0.749. The molecule has 1 aromatic carbocycles. The molecule has 0 aliphatic heterocycles. The third kappa shape index (κ3) is 2.29. The monoisotopic (exact) mass is 242 g/mol. The highest BCUT2D eigenvalue weighted by Gasteiger charge is 2.03. The third-order valence-electron chi connectivity index (χ3n) is 2.32. The fourth-order valence-electron chi connectivity index (χ4n) is 1.57. The van der Waals surface area contributed by atoms with Crippen LogP contribution in [-0.2, 0) is 5.75 Å². The van der Waals surface area contributed by atoms with Crippen LogP contribution in [0.4, 0.5) is 0 Å². The SMILES string of the molecule is c1cnc(SCc2nc3ccccc3[nH]2)nc1. The third-order valence-corrected chi connectivity index (χ3v) is 3.21. The Morgan fingerprint density at radius 2 is 1.88 bits per heavy atom. The summed E-state index contributed by atoms with van der Waals surface area (Å²) in [5.41, 5.74) is 2.06. The average Bonchev–Trinajstić information content (AvgIpc) is 2.80. The van der Waals surface area contributed by atoms with Gasteiger partial charge in [-0.25, -0.2) is 15.0 Å². The molecule has 0 aliphatic carbocycles. The van der Waals surface area contributed by atoms with E-state index < -0.39 is 0 Å². The molecular weight excluding hydrogens is 232 g/mol. The number of H-pyrrole nitrogens is 1. The van der Waals surface area contributed by atoms with E-state index in [1.807, 2.05) is 30.3 Å².